The van der Waals surface area contributed by atoms with Crippen molar-refractivity contribution in [2.75, 3.05) is 6.61 Å². The highest BCUT2D eigenvalue weighted by atomic mass is 35.5. The van der Waals surface area contributed by atoms with Crippen LogP contribution in [0.4, 0.5) is 0 Å². The van der Waals surface area contributed by atoms with E-state index < -0.39 is 0 Å². The Balaban J connectivity index is 0.00000441. The molecule has 0 aliphatic heterocycles. The Morgan fingerprint density at radius 2 is 2.00 bits per heavy atom. The first-order valence-corrected chi connectivity index (χ1v) is 8.01. The van der Waals surface area contributed by atoms with Crippen LogP contribution in [0.15, 0.2) is 30.9 Å². The van der Waals surface area contributed by atoms with Crippen molar-refractivity contribution in [3.8, 4) is 0 Å². The minimum absolute atomic E-state index is 0. The molecule has 0 atom stereocenters. The maximum absolute atomic E-state index is 11.2. The van der Waals surface area contributed by atoms with Gasteiger partial charge in [0.05, 0.1) is 19.7 Å². The second-order valence-corrected chi connectivity index (χ2v) is 5.57. The SMILES string of the molecule is C=C(C)C(=O)OCCCCn1cc[n+](CCCCCC)c1.[Cl-]. The fraction of sp³-hybridized carbons (Fsp3) is 0.647. The second-order valence-electron chi connectivity index (χ2n) is 5.57. The summed E-state index contributed by atoms with van der Waals surface area (Å²) in [6, 6.07) is 0. The lowest BCUT2D eigenvalue weighted by atomic mass is 10.2. The van der Waals surface area contributed by atoms with Crippen molar-refractivity contribution in [1.29, 1.82) is 0 Å². The zero-order valence-corrected chi connectivity index (χ0v) is 14.6. The Hall–Kier alpha value is -1.29. The van der Waals surface area contributed by atoms with E-state index in [1.165, 1.54) is 25.7 Å². The number of carbonyl (C=O) groups is 1. The predicted octanol–water partition coefficient (Wildman–Crippen LogP) is 0.259. The van der Waals surface area contributed by atoms with Gasteiger partial charge in [-0.25, -0.2) is 13.9 Å². The lowest BCUT2D eigenvalue weighted by Gasteiger charge is -2.03. The number of carbonyl (C=O) groups excluding carboxylic acids is 1. The maximum atomic E-state index is 11.2. The van der Waals surface area contributed by atoms with E-state index in [1.807, 2.05) is 0 Å². The number of nitrogens with zero attached hydrogens (tertiary/aromatic N) is 2. The molecule has 0 fully saturated rings. The molecular weight excluding hydrogens is 300 g/mol. The topological polar surface area (TPSA) is 35.1 Å². The van der Waals surface area contributed by atoms with Crippen LogP contribution in [0.25, 0.3) is 0 Å². The molecule has 0 radical (unpaired) electrons. The number of ether oxygens (including phenoxy) is 1. The number of imidazole rings is 1. The first-order valence-electron chi connectivity index (χ1n) is 8.01. The number of halogens is 1. The fourth-order valence-electron chi connectivity index (χ4n) is 2.11. The van der Waals surface area contributed by atoms with Crippen molar-refractivity contribution in [3.05, 3.63) is 30.9 Å². The van der Waals surface area contributed by atoms with Crippen LogP contribution < -0.4 is 17.0 Å². The van der Waals surface area contributed by atoms with Gasteiger partial charge in [0.2, 0.25) is 6.33 Å². The first-order chi connectivity index (χ1) is 10.1. The predicted molar refractivity (Wildman–Crippen MR) is 83.8 cm³/mol. The van der Waals surface area contributed by atoms with Crippen LogP contribution in [0.5, 0.6) is 0 Å². The third-order valence-electron chi connectivity index (χ3n) is 3.41. The summed E-state index contributed by atoms with van der Waals surface area (Å²) >= 11 is 0. The Morgan fingerprint density at radius 1 is 1.23 bits per heavy atom. The van der Waals surface area contributed by atoms with Crippen LogP contribution in [0.2, 0.25) is 0 Å². The number of hydrogen-bond acceptors (Lipinski definition) is 2. The monoisotopic (exact) mass is 328 g/mol. The average molecular weight is 329 g/mol. The maximum Gasteiger partial charge on any atom is 0.333 e. The summed E-state index contributed by atoms with van der Waals surface area (Å²) in [4.78, 5) is 11.2. The van der Waals surface area contributed by atoms with E-state index in [0.717, 1.165) is 25.9 Å². The minimum atomic E-state index is -0.291. The van der Waals surface area contributed by atoms with Gasteiger partial charge in [-0.1, -0.05) is 26.3 Å². The van der Waals surface area contributed by atoms with E-state index in [0.29, 0.717) is 12.2 Å². The smallest absolute Gasteiger partial charge is 0.333 e. The summed E-state index contributed by atoms with van der Waals surface area (Å²) in [5.74, 6) is -0.291. The Kier molecular flexibility index (Phi) is 11.6. The quantitative estimate of drug-likeness (QED) is 0.253. The van der Waals surface area contributed by atoms with Crippen molar-refractivity contribution in [3.63, 3.8) is 0 Å². The molecule has 0 spiro atoms. The molecule has 22 heavy (non-hydrogen) atoms. The number of unbranched alkanes of at least 4 members (excludes halogenated alkanes) is 4. The Labute approximate surface area is 140 Å². The Bertz CT molecular complexity index is 444. The average Bonchev–Trinajstić information content (AvgIpc) is 2.91. The molecule has 1 aromatic heterocycles. The zero-order chi connectivity index (χ0) is 15.5. The van der Waals surface area contributed by atoms with Crippen LogP contribution in [0.3, 0.4) is 0 Å². The van der Waals surface area contributed by atoms with Crippen molar-refractivity contribution in [2.24, 2.45) is 0 Å². The molecule has 0 unspecified atom stereocenters. The molecule has 1 aromatic rings. The van der Waals surface area contributed by atoms with Crippen LogP contribution in [0.1, 0.15) is 52.4 Å². The normalized spacial score (nSPS) is 10.1. The molecule has 0 aromatic carbocycles. The van der Waals surface area contributed by atoms with E-state index in [-0.39, 0.29) is 18.4 Å². The summed E-state index contributed by atoms with van der Waals surface area (Å²) in [6.45, 7) is 10.0. The number of aryl methyl sites for hydroxylation is 2. The highest BCUT2D eigenvalue weighted by Gasteiger charge is 2.05. The van der Waals surface area contributed by atoms with E-state index in [2.05, 4.69) is 41.4 Å². The number of rotatable bonds is 11. The van der Waals surface area contributed by atoms with Crippen LogP contribution >= 0.6 is 0 Å². The van der Waals surface area contributed by atoms with Gasteiger partial charge in [-0.05, 0) is 32.6 Å². The van der Waals surface area contributed by atoms with Gasteiger partial charge < -0.3 is 17.1 Å². The summed E-state index contributed by atoms with van der Waals surface area (Å²) in [5.41, 5.74) is 0.463. The van der Waals surface area contributed by atoms with Gasteiger partial charge in [0, 0.05) is 5.57 Å². The van der Waals surface area contributed by atoms with Gasteiger partial charge in [-0.3, -0.25) is 0 Å². The van der Waals surface area contributed by atoms with Crippen LogP contribution in [-0.4, -0.2) is 17.1 Å². The van der Waals surface area contributed by atoms with Crippen LogP contribution in [0, 0.1) is 0 Å². The minimum Gasteiger partial charge on any atom is -1.00 e. The molecule has 0 saturated heterocycles. The van der Waals surface area contributed by atoms with Crippen molar-refractivity contribution in [1.82, 2.24) is 4.57 Å². The molecule has 5 heteroatoms. The molecule has 0 aliphatic rings. The van der Waals surface area contributed by atoms with Crippen molar-refractivity contribution < 1.29 is 26.5 Å². The molecule has 0 bridgehead atoms. The van der Waals surface area contributed by atoms with Gasteiger partial charge >= 0.3 is 5.97 Å². The number of hydrogen-bond donors (Lipinski definition) is 0. The summed E-state index contributed by atoms with van der Waals surface area (Å²) in [5, 5.41) is 0. The number of esters is 1. The summed E-state index contributed by atoms with van der Waals surface area (Å²) in [6.07, 6.45) is 13.5. The standard InChI is InChI=1S/C17H29N2O2.ClH/c1-4-5-6-7-10-18-12-13-19(15-18)11-8-9-14-21-17(20)16(2)3;/h12-13,15H,2,4-11,14H2,1,3H3;1H/q+1;/p-1. The van der Waals surface area contributed by atoms with Gasteiger partial charge in [0.15, 0.2) is 0 Å². The molecule has 0 aliphatic carbocycles. The largest absolute Gasteiger partial charge is 1.00 e. The molecule has 1 heterocycles. The zero-order valence-electron chi connectivity index (χ0n) is 13.9. The van der Waals surface area contributed by atoms with E-state index in [9.17, 15) is 4.79 Å². The van der Waals surface area contributed by atoms with E-state index in [1.54, 1.807) is 6.92 Å². The third-order valence-corrected chi connectivity index (χ3v) is 3.41. The van der Waals surface area contributed by atoms with Crippen molar-refractivity contribution in [2.45, 2.75) is 65.5 Å². The van der Waals surface area contributed by atoms with E-state index in [4.69, 9.17) is 4.74 Å². The summed E-state index contributed by atoms with van der Waals surface area (Å²) in [7, 11) is 0. The molecule has 0 saturated carbocycles. The highest BCUT2D eigenvalue weighted by molar-refractivity contribution is 5.86. The molecule has 0 amide bonds. The van der Waals surface area contributed by atoms with Gasteiger partial charge in [-0.15, -0.1) is 0 Å². The summed E-state index contributed by atoms with van der Waals surface area (Å²) < 4.78 is 9.51. The van der Waals surface area contributed by atoms with Gasteiger partial charge in [0.1, 0.15) is 12.4 Å². The third kappa shape index (κ3) is 8.88. The molecular formula is C17H29ClN2O2. The lowest BCUT2D eigenvalue weighted by Crippen LogP contribution is -3.00. The lowest BCUT2D eigenvalue weighted by molar-refractivity contribution is -0.696. The molecule has 126 valence electrons. The van der Waals surface area contributed by atoms with Crippen molar-refractivity contribution >= 4 is 5.97 Å². The fourth-order valence-corrected chi connectivity index (χ4v) is 2.11. The Morgan fingerprint density at radius 3 is 2.68 bits per heavy atom. The second kappa shape index (κ2) is 12.3. The van der Waals surface area contributed by atoms with Gasteiger partial charge in [0.25, 0.3) is 0 Å². The van der Waals surface area contributed by atoms with E-state index >= 15 is 0 Å². The first kappa shape index (κ1) is 20.7. The number of aromatic nitrogens is 2. The molecule has 0 N–H and O–H groups in total. The molecule has 1 rings (SSSR count). The molecule has 4 nitrogen and oxygen atoms in total. The highest BCUT2D eigenvalue weighted by Crippen LogP contribution is 2.00. The van der Waals surface area contributed by atoms with Gasteiger partial charge in [-0.2, -0.15) is 0 Å². The van der Waals surface area contributed by atoms with Crippen LogP contribution in [-0.2, 0) is 22.6 Å².